The van der Waals surface area contributed by atoms with Gasteiger partial charge in [-0.15, -0.1) is 0 Å². The van der Waals surface area contributed by atoms with Crippen molar-refractivity contribution < 1.29 is 46.8 Å². The third kappa shape index (κ3) is 12.5. The summed E-state index contributed by atoms with van der Waals surface area (Å²) in [5, 5.41) is 17.2. The topological polar surface area (TPSA) is 213 Å². The number of H-pyrrole nitrogens is 1. The van der Waals surface area contributed by atoms with Crippen molar-refractivity contribution >= 4 is 32.1 Å². The van der Waals surface area contributed by atoms with Crippen molar-refractivity contribution in [3.63, 3.8) is 0 Å². The maximum Gasteiger partial charge on any atom is 0.351 e. The number of aliphatic hydroxyl groups excluding tert-OH is 1. The highest BCUT2D eigenvalue weighted by molar-refractivity contribution is 7.53. The molecular formula is C64H70N5O13PSi. The number of rotatable bonds is 22. The van der Waals surface area contributed by atoms with E-state index in [9.17, 15) is 19.5 Å². The molecule has 18 nitrogen and oxygen atoms in total. The molecule has 0 radical (unpaired) electrons. The van der Waals surface area contributed by atoms with E-state index in [1.165, 1.54) is 23.6 Å². The quantitative estimate of drug-likeness (QED) is 0.0330. The Morgan fingerprint density at radius 3 is 1.81 bits per heavy atom. The molecule has 0 aliphatic carbocycles. The highest BCUT2D eigenvalue weighted by Crippen LogP contribution is 2.51. The lowest BCUT2D eigenvalue weighted by Crippen LogP contribution is -2.68. The summed E-state index contributed by atoms with van der Waals surface area (Å²) in [7, 11) is -4.46. The summed E-state index contributed by atoms with van der Waals surface area (Å²) in [6.45, 7) is 9.04. The monoisotopic (exact) mass is 1180 g/mol. The zero-order chi connectivity index (χ0) is 59.2. The Balaban J connectivity index is 1.00. The molecule has 84 heavy (non-hydrogen) atoms. The van der Waals surface area contributed by atoms with Gasteiger partial charge in [0.25, 0.3) is 13.9 Å². The minimum Gasteiger partial charge on any atom is -0.497 e. The summed E-state index contributed by atoms with van der Waals surface area (Å²) < 4.78 is 70.2. The van der Waals surface area contributed by atoms with Crippen LogP contribution >= 0.6 is 7.60 Å². The van der Waals surface area contributed by atoms with E-state index in [1.54, 1.807) is 27.2 Å². The van der Waals surface area contributed by atoms with Crippen LogP contribution in [0, 0.1) is 6.92 Å². The Hall–Kier alpha value is -7.55. The molecule has 0 amide bonds. The summed E-state index contributed by atoms with van der Waals surface area (Å²) >= 11 is 0. The standard InChI is InChI=1S/C64H70N5O13PSi/c1-43-40-69(62(73)67-59(43)71)56-38-52(82-84(63(2,3)4,50-24-16-10-17-25-50)51-26-18-11-19-27-51)53(79-56)42-78-83(7,74)81-58-54(80-60(57(58)70)68-37-36-55(66-61(68)72)65-39-44-20-12-8-13-21-44)41-77-64(45-22-14-9-15-23-45,46-28-32-48(75-5)33-29-46)47-30-34-49(76-6)35-31-47/h8-37,40,52-54,56-58,60,70H,38-39,41-42H2,1-7H3,(H,65,66,72)(H,67,71,73)/t52-,53+,54+,56+,57+,58+,60+,83?/m0/s1. The third-order valence-corrected chi connectivity index (χ3v) is 21.8. The van der Waals surface area contributed by atoms with Crippen LogP contribution in [-0.2, 0) is 44.4 Å². The van der Waals surface area contributed by atoms with E-state index in [2.05, 4.69) is 60.3 Å². The average molecular weight is 1180 g/mol. The predicted molar refractivity (Wildman–Crippen MR) is 322 cm³/mol. The van der Waals surface area contributed by atoms with Crippen molar-refractivity contribution in [2.45, 2.75) is 94.3 Å². The number of benzene rings is 6. The molecule has 0 saturated carbocycles. The molecule has 2 aliphatic heterocycles. The SMILES string of the molecule is COc1ccc(C(OC[C@H]2O[C@@H](n3ccc(NCc4ccccc4)nc3=O)[C@H](O)[C@@H]2OP(C)(=O)OC[C@H]2O[C@@H](n3cc(C)c(=O)[nH]c3=O)C[C@@H]2O[Si](c2ccccc2)(c2ccccc2)C(C)(C)C)(c2ccccc2)c2ccc(OC)cc2)cc1. The molecule has 4 heterocycles. The Morgan fingerprint density at radius 1 is 0.714 bits per heavy atom. The number of anilines is 1. The van der Waals surface area contributed by atoms with Crippen molar-refractivity contribution in [1.82, 2.24) is 19.1 Å². The zero-order valence-corrected chi connectivity index (χ0v) is 49.8. The molecule has 0 spiro atoms. The summed E-state index contributed by atoms with van der Waals surface area (Å²) in [4.78, 5) is 46.9. The molecule has 2 aliphatic rings. The summed E-state index contributed by atoms with van der Waals surface area (Å²) in [6, 6.07) is 55.9. The van der Waals surface area contributed by atoms with Gasteiger partial charge in [-0.25, -0.2) is 9.59 Å². The molecule has 2 saturated heterocycles. The molecule has 0 bridgehead atoms. The van der Waals surface area contributed by atoms with E-state index in [0.29, 0.717) is 40.6 Å². The van der Waals surface area contributed by atoms with Crippen molar-refractivity contribution in [2.75, 3.05) is 39.4 Å². The van der Waals surface area contributed by atoms with Gasteiger partial charge in [0.1, 0.15) is 53.6 Å². The smallest absolute Gasteiger partial charge is 0.351 e. The van der Waals surface area contributed by atoms with E-state index >= 15 is 4.57 Å². The number of aromatic nitrogens is 4. The normalized spacial score (nSPS) is 20.7. The van der Waals surface area contributed by atoms with E-state index in [1.807, 2.05) is 146 Å². The first kappa shape index (κ1) is 59.6. The number of hydrogen-bond acceptors (Lipinski definition) is 15. The Morgan fingerprint density at radius 2 is 1.26 bits per heavy atom. The van der Waals surface area contributed by atoms with Gasteiger partial charge < -0.3 is 43.1 Å². The van der Waals surface area contributed by atoms with Gasteiger partial charge in [0.2, 0.25) is 0 Å². The van der Waals surface area contributed by atoms with Crippen LogP contribution in [0.2, 0.25) is 5.04 Å². The molecule has 8 atom stereocenters. The fourth-order valence-corrected chi connectivity index (χ4v) is 17.2. The molecule has 6 aromatic carbocycles. The van der Waals surface area contributed by atoms with Gasteiger partial charge >= 0.3 is 19.0 Å². The fourth-order valence-electron chi connectivity index (χ4n) is 11.3. The Kier molecular flexibility index (Phi) is 18.0. The minimum absolute atomic E-state index is 0.143. The number of aryl methyl sites for hydroxylation is 1. The van der Waals surface area contributed by atoms with Crippen molar-refractivity contribution in [2.24, 2.45) is 0 Å². The number of aliphatic hydroxyl groups is 1. The van der Waals surface area contributed by atoms with Crippen LogP contribution in [0.3, 0.4) is 0 Å². The number of ether oxygens (including phenoxy) is 5. The minimum atomic E-state index is -4.32. The third-order valence-electron chi connectivity index (χ3n) is 15.5. The summed E-state index contributed by atoms with van der Waals surface area (Å²) in [6.07, 6.45) is -5.38. The molecule has 1 unspecified atom stereocenters. The molecule has 438 valence electrons. The second kappa shape index (κ2) is 25.3. The average Bonchev–Trinajstić information content (AvgIpc) is 3.89. The maximum atomic E-state index is 15.3. The maximum absolute atomic E-state index is 15.3. The fraction of sp³-hybridized carbons (Fsp3) is 0.312. The van der Waals surface area contributed by atoms with Gasteiger partial charge in [-0.2, -0.15) is 4.98 Å². The van der Waals surface area contributed by atoms with E-state index in [4.69, 9.17) is 37.2 Å². The highest BCUT2D eigenvalue weighted by atomic mass is 31.2. The van der Waals surface area contributed by atoms with Gasteiger partial charge in [0, 0.05) is 37.6 Å². The van der Waals surface area contributed by atoms with Gasteiger partial charge in [-0.1, -0.05) is 166 Å². The first-order valence-corrected chi connectivity index (χ1v) is 31.7. The van der Waals surface area contributed by atoms with Crippen LogP contribution in [0.5, 0.6) is 11.5 Å². The number of nitrogens with one attached hydrogen (secondary N) is 2. The number of methoxy groups -OCH3 is 2. The first-order chi connectivity index (χ1) is 40.4. The van der Waals surface area contributed by atoms with Crippen molar-refractivity contribution in [3.05, 3.63) is 247 Å². The Labute approximate surface area is 488 Å². The van der Waals surface area contributed by atoms with E-state index < -0.39 is 86.5 Å². The van der Waals surface area contributed by atoms with Crippen molar-refractivity contribution in [1.29, 1.82) is 0 Å². The molecule has 20 heteroatoms. The van der Waals surface area contributed by atoms with Crippen LogP contribution in [-0.4, -0.2) is 97.1 Å². The van der Waals surface area contributed by atoms with E-state index in [-0.39, 0.29) is 19.6 Å². The predicted octanol–water partition coefficient (Wildman–Crippen LogP) is 8.46. The lowest BCUT2D eigenvalue weighted by atomic mass is 9.80. The van der Waals surface area contributed by atoms with Crippen LogP contribution in [0.4, 0.5) is 5.82 Å². The molecule has 2 fully saturated rings. The molecule has 8 aromatic rings. The second-order valence-electron chi connectivity index (χ2n) is 22.0. The van der Waals surface area contributed by atoms with Gasteiger partial charge in [0.05, 0.1) is 33.5 Å². The van der Waals surface area contributed by atoms with Crippen LogP contribution in [0.25, 0.3) is 0 Å². The lowest BCUT2D eigenvalue weighted by Gasteiger charge is -2.45. The van der Waals surface area contributed by atoms with Crippen LogP contribution in [0.1, 0.15) is 67.5 Å². The summed E-state index contributed by atoms with van der Waals surface area (Å²) in [5.41, 5.74) is 0.126. The molecule has 3 N–H and O–H groups in total. The van der Waals surface area contributed by atoms with Gasteiger partial charge in [-0.05, 0) is 74.9 Å². The summed E-state index contributed by atoms with van der Waals surface area (Å²) in [5.74, 6) is 1.54. The van der Waals surface area contributed by atoms with Crippen molar-refractivity contribution in [3.8, 4) is 11.5 Å². The second-order valence-corrected chi connectivity index (χ2v) is 28.3. The molecule has 10 rings (SSSR count). The van der Waals surface area contributed by atoms with Crippen LogP contribution < -0.4 is 42.1 Å². The first-order valence-electron chi connectivity index (χ1n) is 27.8. The zero-order valence-electron chi connectivity index (χ0n) is 47.9. The number of aromatic amines is 1. The number of nitrogens with zero attached hydrogens (tertiary/aromatic N) is 3. The molecule has 2 aromatic heterocycles. The number of hydrogen-bond donors (Lipinski definition) is 3. The van der Waals surface area contributed by atoms with Gasteiger partial charge in [-0.3, -0.25) is 28.0 Å². The Bertz CT molecular complexity index is 3630. The highest BCUT2D eigenvalue weighted by Gasteiger charge is 2.55. The van der Waals surface area contributed by atoms with Crippen LogP contribution in [0.15, 0.2) is 203 Å². The van der Waals surface area contributed by atoms with E-state index in [0.717, 1.165) is 26.1 Å². The largest absolute Gasteiger partial charge is 0.497 e. The van der Waals surface area contributed by atoms with Gasteiger partial charge in [0.15, 0.2) is 6.23 Å². The molecular weight excluding hydrogens is 1110 g/mol. The lowest BCUT2D eigenvalue weighted by molar-refractivity contribution is -0.0950.